The Morgan fingerprint density at radius 3 is 2.39 bits per heavy atom. The molecule has 0 radical (unpaired) electrons. The van der Waals surface area contributed by atoms with Gasteiger partial charge in [0.1, 0.15) is 0 Å². The average Bonchev–Trinajstić information content (AvgIpc) is 3.29. The van der Waals surface area contributed by atoms with Crippen LogP contribution in [0.3, 0.4) is 0 Å². The Balaban J connectivity index is 1.75. The molecule has 0 bridgehead atoms. The van der Waals surface area contributed by atoms with Gasteiger partial charge in [0.05, 0.1) is 6.04 Å². The average molecular weight is 249 g/mol. The first-order valence-corrected chi connectivity index (χ1v) is 7.29. The van der Waals surface area contributed by atoms with Crippen molar-refractivity contribution in [2.45, 2.75) is 57.9 Å². The molecule has 0 spiro atoms. The van der Waals surface area contributed by atoms with E-state index >= 15 is 0 Å². The lowest BCUT2D eigenvalue weighted by Gasteiger charge is -2.13. The van der Waals surface area contributed by atoms with Crippen LogP contribution in [0.2, 0.25) is 0 Å². The monoisotopic (exact) mass is 249 g/mol. The van der Waals surface area contributed by atoms with Crippen LogP contribution >= 0.6 is 0 Å². The summed E-state index contributed by atoms with van der Waals surface area (Å²) in [6.07, 6.45) is 6.38. The molecule has 18 heavy (non-hydrogen) atoms. The summed E-state index contributed by atoms with van der Waals surface area (Å²) in [5.41, 5.74) is 6.15. The molecule has 4 heteroatoms. The minimum Gasteiger partial charge on any atom is -0.338 e. The van der Waals surface area contributed by atoms with E-state index in [2.05, 4.69) is 24.0 Å². The van der Waals surface area contributed by atoms with Crippen molar-refractivity contribution < 1.29 is 4.52 Å². The molecule has 1 heterocycles. The molecule has 0 aliphatic heterocycles. The third-order valence-electron chi connectivity index (χ3n) is 4.56. The van der Waals surface area contributed by atoms with Crippen LogP contribution in [0.25, 0.3) is 0 Å². The van der Waals surface area contributed by atoms with Crippen LogP contribution in [-0.2, 0) is 0 Å². The SMILES string of the molecule is CC[C@H](C)[C@H](N)c1nc(C(C2CC2)C2CC2)no1. The second-order valence-electron chi connectivity index (χ2n) is 6.10. The van der Waals surface area contributed by atoms with Crippen molar-refractivity contribution in [3.63, 3.8) is 0 Å². The molecular weight excluding hydrogens is 226 g/mol. The van der Waals surface area contributed by atoms with Crippen LogP contribution in [-0.4, -0.2) is 10.1 Å². The zero-order valence-corrected chi connectivity index (χ0v) is 11.3. The highest BCUT2D eigenvalue weighted by molar-refractivity contribution is 5.09. The van der Waals surface area contributed by atoms with Gasteiger partial charge in [-0.3, -0.25) is 0 Å². The van der Waals surface area contributed by atoms with Crippen LogP contribution < -0.4 is 5.73 Å². The molecular formula is C14H23N3O. The van der Waals surface area contributed by atoms with Gasteiger partial charge in [0.25, 0.3) is 0 Å². The highest BCUT2D eigenvalue weighted by Gasteiger charge is 2.45. The lowest BCUT2D eigenvalue weighted by atomic mass is 9.97. The van der Waals surface area contributed by atoms with E-state index in [0.29, 0.717) is 17.7 Å². The minimum absolute atomic E-state index is 0.115. The van der Waals surface area contributed by atoms with Crippen molar-refractivity contribution in [1.82, 2.24) is 10.1 Å². The Bertz CT molecular complexity index is 397. The quantitative estimate of drug-likeness (QED) is 0.841. The zero-order chi connectivity index (χ0) is 12.7. The molecule has 3 rings (SSSR count). The van der Waals surface area contributed by atoms with Crippen molar-refractivity contribution in [2.75, 3.05) is 0 Å². The van der Waals surface area contributed by atoms with Gasteiger partial charge < -0.3 is 10.3 Å². The number of nitrogens with two attached hydrogens (primary N) is 1. The van der Waals surface area contributed by atoms with E-state index < -0.39 is 0 Å². The van der Waals surface area contributed by atoms with Gasteiger partial charge >= 0.3 is 0 Å². The summed E-state index contributed by atoms with van der Waals surface area (Å²) in [6, 6.07) is -0.115. The normalized spacial score (nSPS) is 23.3. The van der Waals surface area contributed by atoms with Gasteiger partial charge in [-0.15, -0.1) is 0 Å². The molecule has 0 saturated heterocycles. The standard InChI is InChI=1S/C14H23N3O/c1-3-8(2)12(15)14-16-13(17-18-14)11(9-4-5-9)10-6-7-10/h8-12H,3-7,15H2,1-2H3/t8-,12-/m0/s1. The molecule has 1 aromatic rings. The van der Waals surface area contributed by atoms with E-state index in [1.54, 1.807) is 0 Å². The van der Waals surface area contributed by atoms with Gasteiger partial charge in [-0.1, -0.05) is 25.4 Å². The van der Waals surface area contributed by atoms with Crippen LogP contribution in [0.15, 0.2) is 4.52 Å². The highest BCUT2D eigenvalue weighted by Crippen LogP contribution is 2.53. The fourth-order valence-electron chi connectivity index (χ4n) is 2.73. The van der Waals surface area contributed by atoms with Crippen molar-refractivity contribution in [3.05, 3.63) is 11.7 Å². The van der Waals surface area contributed by atoms with Gasteiger partial charge in [0.15, 0.2) is 5.82 Å². The van der Waals surface area contributed by atoms with Gasteiger partial charge in [-0.25, -0.2) is 0 Å². The fourth-order valence-corrected chi connectivity index (χ4v) is 2.73. The van der Waals surface area contributed by atoms with Gasteiger partial charge in [-0.2, -0.15) is 4.98 Å². The molecule has 2 aliphatic rings. The zero-order valence-electron chi connectivity index (χ0n) is 11.3. The lowest BCUT2D eigenvalue weighted by molar-refractivity contribution is 0.308. The second kappa shape index (κ2) is 4.65. The molecule has 2 atom stereocenters. The molecule has 0 aromatic carbocycles. The number of aromatic nitrogens is 2. The first kappa shape index (κ1) is 12.2. The maximum Gasteiger partial charge on any atom is 0.243 e. The highest BCUT2D eigenvalue weighted by atomic mass is 16.5. The Kier molecular flexibility index (Phi) is 3.14. The summed E-state index contributed by atoms with van der Waals surface area (Å²) in [5, 5.41) is 4.21. The second-order valence-corrected chi connectivity index (χ2v) is 6.10. The van der Waals surface area contributed by atoms with E-state index in [4.69, 9.17) is 10.3 Å². The Labute approximate surface area is 108 Å². The molecule has 2 N–H and O–H groups in total. The summed E-state index contributed by atoms with van der Waals surface area (Å²) in [4.78, 5) is 4.60. The van der Waals surface area contributed by atoms with E-state index in [9.17, 15) is 0 Å². The third kappa shape index (κ3) is 2.30. The maximum atomic E-state index is 6.15. The number of hydrogen-bond acceptors (Lipinski definition) is 4. The molecule has 4 nitrogen and oxygen atoms in total. The first-order chi connectivity index (χ1) is 8.70. The van der Waals surface area contributed by atoms with E-state index in [1.807, 2.05) is 0 Å². The smallest absolute Gasteiger partial charge is 0.243 e. The lowest BCUT2D eigenvalue weighted by Crippen LogP contribution is -2.19. The Morgan fingerprint density at radius 1 is 1.28 bits per heavy atom. The first-order valence-electron chi connectivity index (χ1n) is 7.29. The third-order valence-corrected chi connectivity index (χ3v) is 4.56. The Hall–Kier alpha value is -0.900. The van der Waals surface area contributed by atoms with Crippen LogP contribution in [0.4, 0.5) is 0 Å². The van der Waals surface area contributed by atoms with E-state index in [0.717, 1.165) is 24.1 Å². The van der Waals surface area contributed by atoms with Crippen LogP contribution in [0, 0.1) is 17.8 Å². The molecule has 1 aromatic heterocycles. The number of rotatable bonds is 6. The molecule has 0 unspecified atom stereocenters. The van der Waals surface area contributed by atoms with E-state index in [-0.39, 0.29) is 6.04 Å². The summed E-state index contributed by atoms with van der Waals surface area (Å²) in [6.45, 7) is 4.27. The van der Waals surface area contributed by atoms with Crippen molar-refractivity contribution in [2.24, 2.45) is 23.5 Å². The van der Waals surface area contributed by atoms with E-state index in [1.165, 1.54) is 25.7 Å². The maximum absolute atomic E-state index is 6.15. The number of hydrogen-bond donors (Lipinski definition) is 1. The predicted octanol–water partition coefficient (Wildman–Crippen LogP) is 3.02. The van der Waals surface area contributed by atoms with Gasteiger partial charge in [0.2, 0.25) is 5.89 Å². The summed E-state index contributed by atoms with van der Waals surface area (Å²) in [7, 11) is 0. The minimum atomic E-state index is -0.115. The molecule has 0 amide bonds. The molecule has 2 saturated carbocycles. The van der Waals surface area contributed by atoms with Gasteiger partial charge in [0, 0.05) is 5.92 Å². The van der Waals surface area contributed by atoms with Crippen molar-refractivity contribution in [1.29, 1.82) is 0 Å². The predicted molar refractivity (Wildman–Crippen MR) is 68.9 cm³/mol. The van der Waals surface area contributed by atoms with Crippen molar-refractivity contribution >= 4 is 0 Å². The summed E-state index contributed by atoms with van der Waals surface area (Å²) < 4.78 is 5.40. The summed E-state index contributed by atoms with van der Waals surface area (Å²) >= 11 is 0. The molecule has 2 fully saturated rings. The molecule has 2 aliphatic carbocycles. The Morgan fingerprint density at radius 2 is 1.89 bits per heavy atom. The van der Waals surface area contributed by atoms with Gasteiger partial charge in [-0.05, 0) is 43.4 Å². The molecule has 100 valence electrons. The topological polar surface area (TPSA) is 64.9 Å². The fraction of sp³-hybridized carbons (Fsp3) is 0.857. The van der Waals surface area contributed by atoms with Crippen LogP contribution in [0.5, 0.6) is 0 Å². The van der Waals surface area contributed by atoms with Crippen LogP contribution in [0.1, 0.15) is 69.6 Å². The number of nitrogens with zero attached hydrogens (tertiary/aromatic N) is 2. The summed E-state index contributed by atoms with van der Waals surface area (Å²) in [5.74, 6) is 4.11. The van der Waals surface area contributed by atoms with Crippen molar-refractivity contribution in [3.8, 4) is 0 Å². The largest absolute Gasteiger partial charge is 0.338 e.